The molecular weight excluding hydrogens is 423 g/mol. The molecular formula is C20H20F3NO5S. The maximum absolute atomic E-state index is 12.8. The van der Waals surface area contributed by atoms with Gasteiger partial charge in [-0.05, 0) is 54.4 Å². The van der Waals surface area contributed by atoms with Gasteiger partial charge in [0.1, 0.15) is 5.75 Å². The van der Waals surface area contributed by atoms with E-state index in [0.29, 0.717) is 22.2 Å². The topological polar surface area (TPSA) is 80.9 Å². The van der Waals surface area contributed by atoms with Gasteiger partial charge in [-0.3, -0.25) is 13.9 Å². The van der Waals surface area contributed by atoms with Crippen LogP contribution in [0.15, 0.2) is 53.6 Å². The zero-order valence-corrected chi connectivity index (χ0v) is 17.0. The number of halogens is 3. The van der Waals surface area contributed by atoms with E-state index in [0.717, 1.165) is 24.3 Å². The standard InChI is InChI=1S/C20H20F3NO5S/c1-28-15-6-9-18-17(11-15)13(3-10-19(25)29-2)12-24(18)30(26,27)16-7-4-14(5-8-16)20(21,22)23/h4-9,11-12,26-27H,3,10H2,1-2H3. The number of esters is 1. The van der Waals surface area contributed by atoms with Crippen LogP contribution in [0.2, 0.25) is 0 Å². The normalized spacial score (nSPS) is 12.8. The Morgan fingerprint density at radius 1 is 1.10 bits per heavy atom. The van der Waals surface area contributed by atoms with E-state index < -0.39 is 28.5 Å². The molecule has 6 nitrogen and oxygen atoms in total. The van der Waals surface area contributed by atoms with Gasteiger partial charge in [0.2, 0.25) is 0 Å². The van der Waals surface area contributed by atoms with E-state index in [2.05, 4.69) is 4.74 Å². The summed E-state index contributed by atoms with van der Waals surface area (Å²) in [5, 5.41) is 0.630. The van der Waals surface area contributed by atoms with E-state index in [-0.39, 0.29) is 17.7 Å². The Morgan fingerprint density at radius 2 is 1.77 bits per heavy atom. The Kier molecular flexibility index (Phi) is 6.02. The average molecular weight is 443 g/mol. The van der Waals surface area contributed by atoms with Gasteiger partial charge in [0.15, 0.2) is 0 Å². The summed E-state index contributed by atoms with van der Waals surface area (Å²) >= 11 is 0. The van der Waals surface area contributed by atoms with E-state index in [9.17, 15) is 27.1 Å². The van der Waals surface area contributed by atoms with Gasteiger partial charge in [-0.1, -0.05) is 10.8 Å². The van der Waals surface area contributed by atoms with Gasteiger partial charge in [0.25, 0.3) is 0 Å². The number of nitrogens with zero attached hydrogens (tertiary/aromatic N) is 1. The molecule has 1 aromatic heterocycles. The van der Waals surface area contributed by atoms with Crippen molar-refractivity contribution in [3.05, 3.63) is 59.8 Å². The van der Waals surface area contributed by atoms with Gasteiger partial charge >= 0.3 is 12.1 Å². The zero-order valence-electron chi connectivity index (χ0n) is 16.1. The minimum Gasteiger partial charge on any atom is -0.497 e. The highest BCUT2D eigenvalue weighted by Crippen LogP contribution is 2.52. The third-order valence-electron chi connectivity index (χ3n) is 4.66. The monoisotopic (exact) mass is 443 g/mol. The fourth-order valence-corrected chi connectivity index (χ4v) is 4.50. The first kappa shape index (κ1) is 22.0. The Balaban J connectivity index is 2.08. The number of ether oxygens (including phenoxy) is 2. The number of carbonyl (C=O) groups excluding carboxylic acids is 1. The molecule has 30 heavy (non-hydrogen) atoms. The molecule has 2 N–H and O–H groups in total. The number of fused-ring (bicyclic) bond motifs is 1. The van der Waals surface area contributed by atoms with Crippen molar-refractivity contribution in [1.29, 1.82) is 0 Å². The molecule has 162 valence electrons. The largest absolute Gasteiger partial charge is 0.497 e. The third kappa shape index (κ3) is 4.25. The van der Waals surface area contributed by atoms with Crippen LogP contribution in [0.3, 0.4) is 0 Å². The SMILES string of the molecule is COC(=O)CCc1cn(S(O)(O)c2ccc(C(F)(F)F)cc2)c2ccc(OC)cc12. The van der Waals surface area contributed by atoms with Crippen LogP contribution in [0, 0.1) is 0 Å². The van der Waals surface area contributed by atoms with E-state index in [1.54, 1.807) is 18.2 Å². The molecule has 0 unspecified atom stereocenters. The summed E-state index contributed by atoms with van der Waals surface area (Å²) < 4.78 is 71.4. The highest BCUT2D eigenvalue weighted by molar-refractivity contribution is 8.23. The van der Waals surface area contributed by atoms with Crippen LogP contribution in [0.1, 0.15) is 17.5 Å². The summed E-state index contributed by atoms with van der Waals surface area (Å²) in [6.45, 7) is 0. The fraction of sp³-hybridized carbons (Fsp3) is 0.250. The number of methoxy groups -OCH3 is 2. The molecule has 0 aliphatic heterocycles. The molecule has 0 saturated heterocycles. The lowest BCUT2D eigenvalue weighted by atomic mass is 10.1. The summed E-state index contributed by atoms with van der Waals surface area (Å²) in [7, 11) is -0.916. The second-order valence-electron chi connectivity index (χ2n) is 6.48. The summed E-state index contributed by atoms with van der Waals surface area (Å²) in [5.41, 5.74) is 0.194. The molecule has 10 heteroatoms. The third-order valence-corrected chi connectivity index (χ3v) is 6.41. The number of hydrogen-bond acceptors (Lipinski definition) is 5. The fourth-order valence-electron chi connectivity index (χ4n) is 3.06. The van der Waals surface area contributed by atoms with Crippen molar-refractivity contribution in [2.24, 2.45) is 0 Å². The number of rotatable bonds is 6. The van der Waals surface area contributed by atoms with Crippen molar-refractivity contribution in [1.82, 2.24) is 3.97 Å². The summed E-state index contributed by atoms with van der Waals surface area (Å²) in [6, 6.07) is 8.63. The van der Waals surface area contributed by atoms with Crippen LogP contribution >= 0.6 is 10.8 Å². The lowest BCUT2D eigenvalue weighted by molar-refractivity contribution is -0.140. The second-order valence-corrected chi connectivity index (χ2v) is 8.38. The van der Waals surface area contributed by atoms with Gasteiger partial charge < -0.3 is 9.47 Å². The first-order valence-corrected chi connectivity index (χ1v) is 10.3. The van der Waals surface area contributed by atoms with E-state index in [4.69, 9.17) is 4.74 Å². The Hall–Kier alpha value is -2.69. The minimum atomic E-state index is -4.53. The molecule has 0 spiro atoms. The van der Waals surface area contributed by atoms with Crippen LogP contribution < -0.4 is 4.74 Å². The number of alkyl halides is 3. The highest BCUT2D eigenvalue weighted by atomic mass is 32.3. The summed E-state index contributed by atoms with van der Waals surface area (Å²) in [6.07, 6.45) is -2.70. The van der Waals surface area contributed by atoms with Crippen LogP contribution in [0.25, 0.3) is 10.9 Å². The van der Waals surface area contributed by atoms with Crippen LogP contribution in [-0.2, 0) is 22.1 Å². The van der Waals surface area contributed by atoms with Gasteiger partial charge in [0, 0.05) is 18.0 Å². The number of benzene rings is 2. The van der Waals surface area contributed by atoms with Gasteiger partial charge in [-0.15, -0.1) is 0 Å². The number of aromatic nitrogens is 1. The van der Waals surface area contributed by atoms with E-state index in [1.165, 1.54) is 24.4 Å². The first-order chi connectivity index (χ1) is 14.1. The molecule has 0 bridgehead atoms. The van der Waals surface area contributed by atoms with Crippen molar-refractivity contribution < 1.29 is 36.5 Å². The first-order valence-electron chi connectivity index (χ1n) is 8.78. The average Bonchev–Trinajstić information content (AvgIpc) is 3.10. The van der Waals surface area contributed by atoms with Gasteiger partial charge in [0.05, 0.1) is 30.2 Å². The summed E-state index contributed by atoms with van der Waals surface area (Å²) in [5.74, 6) is 0.110. The van der Waals surface area contributed by atoms with E-state index >= 15 is 0 Å². The van der Waals surface area contributed by atoms with Crippen molar-refractivity contribution in [2.45, 2.75) is 23.9 Å². The maximum Gasteiger partial charge on any atom is 0.416 e. The quantitative estimate of drug-likeness (QED) is 0.502. The highest BCUT2D eigenvalue weighted by Gasteiger charge is 2.31. The van der Waals surface area contributed by atoms with Crippen molar-refractivity contribution in [3.63, 3.8) is 0 Å². The van der Waals surface area contributed by atoms with E-state index in [1.807, 2.05) is 0 Å². The van der Waals surface area contributed by atoms with Gasteiger partial charge in [-0.2, -0.15) is 13.2 Å². The van der Waals surface area contributed by atoms with Crippen molar-refractivity contribution in [3.8, 4) is 5.75 Å². The van der Waals surface area contributed by atoms with Crippen molar-refractivity contribution >= 4 is 27.6 Å². The number of hydrogen-bond donors (Lipinski definition) is 2. The molecule has 3 aromatic rings. The predicted octanol–water partition coefficient (Wildman–Crippen LogP) is 5.35. The van der Waals surface area contributed by atoms with Gasteiger partial charge in [-0.25, -0.2) is 3.97 Å². The Bertz CT molecular complexity index is 1060. The molecule has 3 rings (SSSR count). The molecule has 0 aliphatic carbocycles. The molecule has 0 radical (unpaired) electrons. The summed E-state index contributed by atoms with van der Waals surface area (Å²) in [4.78, 5) is 11.5. The molecule has 1 heterocycles. The lowest BCUT2D eigenvalue weighted by Crippen LogP contribution is -2.10. The minimum absolute atomic E-state index is 0.0669. The molecule has 0 saturated carbocycles. The Morgan fingerprint density at radius 3 is 2.33 bits per heavy atom. The number of carbonyl (C=O) groups is 1. The molecule has 0 atom stereocenters. The molecule has 0 aliphatic rings. The van der Waals surface area contributed by atoms with Crippen molar-refractivity contribution in [2.75, 3.05) is 14.2 Å². The zero-order chi connectivity index (χ0) is 22.1. The maximum atomic E-state index is 12.8. The Labute approximate surface area is 172 Å². The smallest absolute Gasteiger partial charge is 0.416 e. The van der Waals surface area contributed by atoms with Crippen LogP contribution in [0.5, 0.6) is 5.75 Å². The second kappa shape index (κ2) is 8.21. The molecule has 2 aromatic carbocycles. The predicted molar refractivity (Wildman–Crippen MR) is 107 cm³/mol. The van der Waals surface area contributed by atoms with Crippen LogP contribution in [-0.4, -0.2) is 33.3 Å². The molecule has 0 fully saturated rings. The molecule has 0 amide bonds. The number of aryl methyl sites for hydroxylation is 1. The van der Waals surface area contributed by atoms with Crippen LogP contribution in [0.4, 0.5) is 13.2 Å². The lowest BCUT2D eigenvalue weighted by Gasteiger charge is -2.34.